The quantitative estimate of drug-likeness (QED) is 0.670. The van der Waals surface area contributed by atoms with Crippen LogP contribution in [0.3, 0.4) is 0 Å². The maximum atomic E-state index is 11.9. The highest BCUT2D eigenvalue weighted by atomic mass is 32.2. The maximum Gasteiger partial charge on any atom is 0.240 e. The number of nitrogens with zero attached hydrogens (tertiary/aromatic N) is 1. The van der Waals surface area contributed by atoms with Crippen molar-refractivity contribution in [1.29, 1.82) is 0 Å². The molecule has 132 valence electrons. The lowest BCUT2D eigenvalue weighted by Crippen LogP contribution is -2.22. The molecule has 1 aromatic rings. The molecule has 0 aliphatic carbocycles. The Morgan fingerprint density at radius 2 is 1.88 bits per heavy atom. The molecule has 1 atom stereocenters. The van der Waals surface area contributed by atoms with Gasteiger partial charge < -0.3 is 0 Å². The first kappa shape index (κ1) is 18.6. The second kappa shape index (κ2) is 7.05. The fourth-order valence-electron chi connectivity index (χ4n) is 2.76. The minimum Gasteiger partial charge on any atom is -0.273 e. The van der Waals surface area contributed by atoms with E-state index in [1.807, 2.05) is 19.1 Å². The molecule has 5 nitrogen and oxygen atoms in total. The molecule has 0 radical (unpaired) electrons. The Labute approximate surface area is 144 Å². The van der Waals surface area contributed by atoms with Crippen molar-refractivity contribution in [3.63, 3.8) is 0 Å². The van der Waals surface area contributed by atoms with Crippen molar-refractivity contribution in [3.05, 3.63) is 35.4 Å². The predicted octanol–water partition coefficient (Wildman–Crippen LogP) is 2.65. The summed E-state index contributed by atoms with van der Waals surface area (Å²) in [5.41, 5.74) is 5.55. The van der Waals surface area contributed by atoms with Crippen LogP contribution in [0.4, 0.5) is 0 Å². The van der Waals surface area contributed by atoms with E-state index >= 15 is 0 Å². The number of benzene rings is 1. The maximum absolute atomic E-state index is 11.9. The Kier molecular flexibility index (Phi) is 5.48. The normalized spacial score (nSPS) is 20.8. The molecule has 0 saturated carbocycles. The summed E-state index contributed by atoms with van der Waals surface area (Å²) in [6, 6.07) is 8.13. The standard InChI is InChI=1S/C18H26N2O3S/c1-13(15-5-7-16(8-6-15)18(2,3)4)19-20-17(21)11-14-9-10-24(22,23)12-14/h5-8,14H,9-12H2,1-4H3,(H,20,21)/b19-13-/t14-/m0/s1. The van der Waals surface area contributed by atoms with E-state index in [4.69, 9.17) is 0 Å². The zero-order valence-electron chi connectivity index (χ0n) is 14.8. The van der Waals surface area contributed by atoms with Crippen molar-refractivity contribution in [2.45, 2.75) is 46.0 Å². The van der Waals surface area contributed by atoms with E-state index in [0.717, 1.165) is 11.3 Å². The van der Waals surface area contributed by atoms with Crippen LogP contribution in [-0.2, 0) is 20.0 Å². The molecular formula is C18H26N2O3S. The number of carbonyl (C=O) groups excluding carboxylic acids is 1. The average molecular weight is 350 g/mol. The number of nitrogens with one attached hydrogen (secondary N) is 1. The highest BCUT2D eigenvalue weighted by Gasteiger charge is 2.29. The van der Waals surface area contributed by atoms with E-state index in [1.54, 1.807) is 0 Å². The van der Waals surface area contributed by atoms with E-state index in [1.165, 1.54) is 5.56 Å². The summed E-state index contributed by atoms with van der Waals surface area (Å²) in [5.74, 6) is -0.0237. The largest absolute Gasteiger partial charge is 0.273 e. The molecule has 1 aliphatic rings. The molecule has 1 saturated heterocycles. The van der Waals surface area contributed by atoms with Crippen molar-refractivity contribution in [2.24, 2.45) is 11.0 Å². The van der Waals surface area contributed by atoms with Crippen LogP contribution in [0, 0.1) is 5.92 Å². The van der Waals surface area contributed by atoms with Gasteiger partial charge >= 0.3 is 0 Å². The van der Waals surface area contributed by atoms with Crippen molar-refractivity contribution in [2.75, 3.05) is 11.5 Å². The van der Waals surface area contributed by atoms with E-state index in [0.29, 0.717) is 6.42 Å². The minimum atomic E-state index is -2.95. The summed E-state index contributed by atoms with van der Waals surface area (Å²) in [7, 11) is -2.95. The van der Waals surface area contributed by atoms with E-state index in [2.05, 4.69) is 43.4 Å². The number of hydrogen-bond acceptors (Lipinski definition) is 4. The Morgan fingerprint density at radius 1 is 1.25 bits per heavy atom. The van der Waals surface area contributed by atoms with Gasteiger partial charge in [0.25, 0.3) is 0 Å². The molecule has 1 aromatic carbocycles. The molecule has 1 heterocycles. The van der Waals surface area contributed by atoms with Gasteiger partial charge in [-0.25, -0.2) is 13.8 Å². The molecule has 6 heteroatoms. The highest BCUT2D eigenvalue weighted by Crippen LogP contribution is 2.23. The first-order chi connectivity index (χ1) is 11.1. The van der Waals surface area contributed by atoms with Gasteiger partial charge in [0.15, 0.2) is 9.84 Å². The summed E-state index contributed by atoms with van der Waals surface area (Å²) < 4.78 is 22.8. The van der Waals surface area contributed by atoms with Crippen LogP contribution in [-0.4, -0.2) is 31.5 Å². The van der Waals surface area contributed by atoms with Gasteiger partial charge in [0.05, 0.1) is 17.2 Å². The lowest BCUT2D eigenvalue weighted by Gasteiger charge is -2.19. The third-order valence-electron chi connectivity index (χ3n) is 4.32. The Morgan fingerprint density at radius 3 is 2.38 bits per heavy atom. The highest BCUT2D eigenvalue weighted by molar-refractivity contribution is 7.91. The number of rotatable bonds is 4. The first-order valence-electron chi connectivity index (χ1n) is 8.21. The van der Waals surface area contributed by atoms with Crippen LogP contribution in [0.5, 0.6) is 0 Å². The third kappa shape index (κ3) is 5.16. The summed E-state index contributed by atoms with van der Waals surface area (Å²) >= 11 is 0. The zero-order valence-corrected chi connectivity index (χ0v) is 15.6. The molecule has 0 aromatic heterocycles. The number of carbonyl (C=O) groups is 1. The number of hydrazone groups is 1. The summed E-state index contributed by atoms with van der Waals surface area (Å²) in [6.45, 7) is 8.32. The molecule has 0 spiro atoms. The molecular weight excluding hydrogens is 324 g/mol. The fraction of sp³-hybridized carbons (Fsp3) is 0.556. The van der Waals surface area contributed by atoms with Gasteiger partial charge in [0.2, 0.25) is 5.91 Å². The number of amides is 1. The van der Waals surface area contributed by atoms with Gasteiger partial charge in [-0.2, -0.15) is 5.10 Å². The van der Waals surface area contributed by atoms with Crippen LogP contribution in [0.2, 0.25) is 0 Å². The number of hydrogen-bond donors (Lipinski definition) is 1. The average Bonchev–Trinajstić information content (AvgIpc) is 2.83. The molecule has 1 N–H and O–H groups in total. The van der Waals surface area contributed by atoms with Gasteiger partial charge in [-0.15, -0.1) is 0 Å². The lowest BCUT2D eigenvalue weighted by molar-refractivity contribution is -0.121. The van der Waals surface area contributed by atoms with Gasteiger partial charge in [0, 0.05) is 6.42 Å². The molecule has 1 fully saturated rings. The summed E-state index contributed by atoms with van der Waals surface area (Å²) in [4.78, 5) is 11.9. The summed E-state index contributed by atoms with van der Waals surface area (Å²) in [6.07, 6.45) is 0.770. The van der Waals surface area contributed by atoms with Crippen LogP contribution in [0.1, 0.15) is 51.7 Å². The van der Waals surface area contributed by atoms with E-state index in [9.17, 15) is 13.2 Å². The van der Waals surface area contributed by atoms with Crippen LogP contribution in [0.25, 0.3) is 0 Å². The van der Waals surface area contributed by atoms with E-state index < -0.39 is 9.84 Å². The topological polar surface area (TPSA) is 75.6 Å². The minimum absolute atomic E-state index is 0.0865. The Bertz CT molecular complexity index is 729. The van der Waals surface area contributed by atoms with Crippen LogP contribution < -0.4 is 5.43 Å². The molecule has 1 amide bonds. The van der Waals surface area contributed by atoms with Crippen molar-refractivity contribution in [1.82, 2.24) is 5.43 Å². The Hall–Kier alpha value is -1.69. The Balaban J connectivity index is 1.92. The molecule has 1 aliphatic heterocycles. The van der Waals surface area contributed by atoms with Gasteiger partial charge in [0.1, 0.15) is 0 Å². The van der Waals surface area contributed by atoms with Crippen LogP contribution in [0.15, 0.2) is 29.4 Å². The van der Waals surface area contributed by atoms with Gasteiger partial charge in [-0.1, -0.05) is 45.0 Å². The zero-order chi connectivity index (χ0) is 18.0. The van der Waals surface area contributed by atoms with Crippen LogP contribution >= 0.6 is 0 Å². The second-order valence-electron chi connectivity index (χ2n) is 7.53. The molecule has 0 bridgehead atoms. The monoisotopic (exact) mass is 350 g/mol. The third-order valence-corrected chi connectivity index (χ3v) is 6.15. The second-order valence-corrected chi connectivity index (χ2v) is 9.76. The van der Waals surface area contributed by atoms with Gasteiger partial charge in [-0.05, 0) is 35.8 Å². The smallest absolute Gasteiger partial charge is 0.240 e. The molecule has 24 heavy (non-hydrogen) atoms. The lowest BCUT2D eigenvalue weighted by atomic mass is 9.86. The first-order valence-corrected chi connectivity index (χ1v) is 10.0. The predicted molar refractivity (Wildman–Crippen MR) is 96.9 cm³/mol. The SMILES string of the molecule is C/C(=N/NC(=O)C[C@@H]1CCS(=O)(=O)C1)c1ccc(C(C)(C)C)cc1. The molecule has 2 rings (SSSR count). The van der Waals surface area contributed by atoms with E-state index in [-0.39, 0.29) is 35.2 Å². The summed E-state index contributed by atoms with van der Waals surface area (Å²) in [5, 5.41) is 4.13. The van der Waals surface area contributed by atoms with Crippen molar-refractivity contribution >= 4 is 21.5 Å². The van der Waals surface area contributed by atoms with Gasteiger partial charge in [-0.3, -0.25) is 4.79 Å². The number of sulfone groups is 1. The van der Waals surface area contributed by atoms with Crippen molar-refractivity contribution < 1.29 is 13.2 Å². The molecule has 0 unspecified atom stereocenters. The fourth-order valence-corrected chi connectivity index (χ4v) is 4.62. The van der Waals surface area contributed by atoms with Crippen molar-refractivity contribution in [3.8, 4) is 0 Å².